The third kappa shape index (κ3) is 3.52. The molecule has 8 heteroatoms. The van der Waals surface area contributed by atoms with Crippen LogP contribution < -0.4 is 0 Å². The maximum absolute atomic E-state index is 12.1. The zero-order valence-electron chi connectivity index (χ0n) is 11.5. The van der Waals surface area contributed by atoms with Gasteiger partial charge in [-0.3, -0.25) is 4.79 Å². The van der Waals surface area contributed by atoms with Crippen LogP contribution >= 0.6 is 10.7 Å². The monoisotopic (exact) mass is 319 g/mol. The first-order chi connectivity index (χ1) is 9.32. The Morgan fingerprint density at radius 1 is 1.55 bits per heavy atom. The Morgan fingerprint density at radius 3 is 2.70 bits per heavy atom. The summed E-state index contributed by atoms with van der Waals surface area (Å²) in [5.74, 6) is 0.532. The Labute approximate surface area is 123 Å². The standard InChI is InChI=1S/C12H18ClN3O3S/c1-3-4-10-14-11(20(13,18)19)7-16(10)8-12(17)15(2)9-5-6-9/h7,9H,3-6,8H2,1-2H3. The predicted octanol–water partition coefficient (Wildman–Crippen LogP) is 1.38. The Kier molecular flexibility index (Phi) is 4.39. The molecule has 0 aliphatic heterocycles. The van der Waals surface area contributed by atoms with Crippen LogP contribution in [0.15, 0.2) is 11.2 Å². The number of rotatable bonds is 6. The van der Waals surface area contributed by atoms with Gasteiger partial charge in [-0.05, 0) is 19.3 Å². The molecule has 2 rings (SSSR count). The minimum atomic E-state index is -3.87. The molecule has 1 aliphatic rings. The molecule has 0 radical (unpaired) electrons. The van der Waals surface area contributed by atoms with Gasteiger partial charge < -0.3 is 9.47 Å². The van der Waals surface area contributed by atoms with Crippen LogP contribution in [0, 0.1) is 0 Å². The van der Waals surface area contributed by atoms with Crippen LogP contribution in [0.3, 0.4) is 0 Å². The van der Waals surface area contributed by atoms with E-state index in [4.69, 9.17) is 10.7 Å². The van der Waals surface area contributed by atoms with Gasteiger partial charge in [-0.15, -0.1) is 0 Å². The molecule has 6 nitrogen and oxygen atoms in total. The van der Waals surface area contributed by atoms with Gasteiger partial charge >= 0.3 is 0 Å². The molecular weight excluding hydrogens is 302 g/mol. The van der Waals surface area contributed by atoms with Gasteiger partial charge in [-0.25, -0.2) is 13.4 Å². The number of aryl methyl sites for hydroxylation is 1. The van der Waals surface area contributed by atoms with Crippen molar-refractivity contribution in [2.24, 2.45) is 0 Å². The second kappa shape index (κ2) is 5.73. The molecule has 20 heavy (non-hydrogen) atoms. The Bertz CT molecular complexity index is 607. The van der Waals surface area contributed by atoms with E-state index in [0.29, 0.717) is 18.3 Å². The van der Waals surface area contributed by atoms with Crippen molar-refractivity contribution >= 4 is 25.6 Å². The van der Waals surface area contributed by atoms with Crippen molar-refractivity contribution in [1.29, 1.82) is 0 Å². The highest BCUT2D eigenvalue weighted by Gasteiger charge is 2.30. The minimum absolute atomic E-state index is 0.0410. The molecule has 0 spiro atoms. The van der Waals surface area contributed by atoms with E-state index < -0.39 is 9.05 Å². The Hall–Kier alpha value is -1.08. The van der Waals surface area contributed by atoms with Crippen molar-refractivity contribution in [3.63, 3.8) is 0 Å². The summed E-state index contributed by atoms with van der Waals surface area (Å²) in [6, 6.07) is 0.330. The normalized spacial score (nSPS) is 15.3. The summed E-state index contributed by atoms with van der Waals surface area (Å²) in [7, 11) is 3.21. The van der Waals surface area contributed by atoms with Gasteiger partial charge in [0.25, 0.3) is 9.05 Å². The summed E-state index contributed by atoms with van der Waals surface area (Å²) >= 11 is 0. The van der Waals surface area contributed by atoms with Gasteiger partial charge in [0.2, 0.25) is 5.91 Å². The first-order valence-electron chi connectivity index (χ1n) is 6.59. The minimum Gasteiger partial charge on any atom is -0.341 e. The summed E-state index contributed by atoms with van der Waals surface area (Å²) in [6.45, 7) is 2.06. The van der Waals surface area contributed by atoms with E-state index in [1.807, 2.05) is 6.92 Å². The van der Waals surface area contributed by atoms with Crippen molar-refractivity contribution in [1.82, 2.24) is 14.5 Å². The number of hydrogen-bond donors (Lipinski definition) is 0. The fraction of sp³-hybridized carbons (Fsp3) is 0.667. The molecule has 1 amide bonds. The van der Waals surface area contributed by atoms with Gasteiger partial charge in [0.05, 0.1) is 0 Å². The van der Waals surface area contributed by atoms with Gasteiger partial charge in [0.15, 0.2) is 5.03 Å². The molecule has 1 heterocycles. The van der Waals surface area contributed by atoms with Crippen molar-refractivity contribution in [3.05, 3.63) is 12.0 Å². The number of carbonyl (C=O) groups is 1. The quantitative estimate of drug-likeness (QED) is 0.743. The van der Waals surface area contributed by atoms with Crippen molar-refractivity contribution in [2.75, 3.05) is 7.05 Å². The van der Waals surface area contributed by atoms with E-state index in [-0.39, 0.29) is 17.5 Å². The number of hydrogen-bond acceptors (Lipinski definition) is 4. The Balaban J connectivity index is 2.20. The van der Waals surface area contributed by atoms with E-state index in [2.05, 4.69) is 4.98 Å². The van der Waals surface area contributed by atoms with Gasteiger partial charge in [0.1, 0.15) is 12.4 Å². The van der Waals surface area contributed by atoms with Crippen LogP contribution in [0.25, 0.3) is 0 Å². The first kappa shape index (κ1) is 15.3. The van der Waals surface area contributed by atoms with E-state index >= 15 is 0 Å². The maximum Gasteiger partial charge on any atom is 0.280 e. The molecule has 0 N–H and O–H groups in total. The zero-order chi connectivity index (χ0) is 14.9. The molecule has 0 saturated heterocycles. The number of nitrogens with zero attached hydrogens (tertiary/aromatic N) is 3. The predicted molar refractivity (Wildman–Crippen MR) is 75.1 cm³/mol. The average Bonchev–Trinajstić information content (AvgIpc) is 3.12. The number of aromatic nitrogens is 2. The highest BCUT2D eigenvalue weighted by atomic mass is 35.7. The number of likely N-dealkylation sites (N-methyl/N-ethyl adjacent to an activating group) is 1. The van der Waals surface area contributed by atoms with Gasteiger partial charge in [-0.2, -0.15) is 0 Å². The summed E-state index contributed by atoms with van der Waals surface area (Å²) in [6.07, 6.45) is 4.83. The number of halogens is 1. The van der Waals surface area contributed by atoms with Crippen molar-refractivity contribution < 1.29 is 13.2 Å². The molecular formula is C12H18ClN3O3S. The fourth-order valence-corrected chi connectivity index (χ4v) is 2.72. The highest BCUT2D eigenvalue weighted by Crippen LogP contribution is 2.25. The van der Waals surface area contributed by atoms with Gasteiger partial charge in [-0.1, -0.05) is 6.92 Å². The zero-order valence-corrected chi connectivity index (χ0v) is 13.1. The topological polar surface area (TPSA) is 72.3 Å². The van der Waals surface area contributed by atoms with E-state index in [1.165, 1.54) is 6.20 Å². The molecule has 0 bridgehead atoms. The van der Waals surface area contributed by atoms with Crippen LogP contribution in [0.4, 0.5) is 0 Å². The third-order valence-electron chi connectivity index (χ3n) is 3.35. The molecule has 1 aromatic rings. The van der Waals surface area contributed by atoms with Crippen LogP contribution in [0.2, 0.25) is 0 Å². The lowest BCUT2D eigenvalue weighted by atomic mass is 10.3. The second-order valence-electron chi connectivity index (χ2n) is 5.05. The lowest BCUT2D eigenvalue weighted by Gasteiger charge is -2.17. The fourth-order valence-electron chi connectivity index (χ4n) is 2.03. The van der Waals surface area contributed by atoms with Crippen molar-refractivity contribution in [2.45, 2.75) is 50.2 Å². The highest BCUT2D eigenvalue weighted by molar-refractivity contribution is 8.13. The first-order valence-corrected chi connectivity index (χ1v) is 8.90. The van der Waals surface area contributed by atoms with Crippen LogP contribution in [0.1, 0.15) is 32.0 Å². The van der Waals surface area contributed by atoms with Crippen LogP contribution in [0.5, 0.6) is 0 Å². The maximum atomic E-state index is 12.1. The van der Waals surface area contributed by atoms with E-state index in [0.717, 1.165) is 19.3 Å². The molecule has 1 aromatic heterocycles. The second-order valence-corrected chi connectivity index (χ2v) is 7.56. The SMILES string of the molecule is CCCc1nc(S(=O)(=O)Cl)cn1CC(=O)N(C)C1CC1. The van der Waals surface area contributed by atoms with E-state index in [9.17, 15) is 13.2 Å². The summed E-state index contributed by atoms with van der Waals surface area (Å²) in [5, 5.41) is -0.190. The molecule has 1 saturated carbocycles. The van der Waals surface area contributed by atoms with E-state index in [1.54, 1.807) is 16.5 Å². The van der Waals surface area contributed by atoms with Crippen molar-refractivity contribution in [3.8, 4) is 0 Å². The summed E-state index contributed by atoms with van der Waals surface area (Å²) < 4.78 is 24.3. The Morgan fingerprint density at radius 2 is 2.20 bits per heavy atom. The number of carbonyl (C=O) groups excluding carboxylic acids is 1. The lowest BCUT2D eigenvalue weighted by molar-refractivity contribution is -0.131. The molecule has 0 atom stereocenters. The lowest BCUT2D eigenvalue weighted by Crippen LogP contribution is -2.32. The average molecular weight is 320 g/mol. The molecule has 1 aliphatic carbocycles. The molecule has 1 fully saturated rings. The smallest absolute Gasteiger partial charge is 0.280 e. The van der Waals surface area contributed by atoms with Crippen LogP contribution in [-0.2, 0) is 26.8 Å². The molecule has 112 valence electrons. The van der Waals surface area contributed by atoms with Gasteiger partial charge in [0, 0.05) is 36.4 Å². The van der Waals surface area contributed by atoms with Crippen LogP contribution in [-0.4, -0.2) is 41.9 Å². The summed E-state index contributed by atoms with van der Waals surface area (Å²) in [4.78, 5) is 17.8. The molecule has 0 unspecified atom stereocenters. The number of amides is 1. The number of imidazole rings is 1. The third-order valence-corrected chi connectivity index (χ3v) is 4.52. The largest absolute Gasteiger partial charge is 0.341 e. The summed E-state index contributed by atoms with van der Waals surface area (Å²) in [5.41, 5.74) is 0. The molecule has 0 aromatic carbocycles.